The first-order valence-electron chi connectivity index (χ1n) is 25.2. The Balaban J connectivity index is 0.00000741. The Labute approximate surface area is 425 Å². The maximum atomic E-state index is 12.6. The molecule has 0 amide bonds. The first-order chi connectivity index (χ1) is 32.4. The Morgan fingerprint density at radius 2 is 1.10 bits per heavy atom. The molecule has 0 fully saturated rings. The molecule has 5 heteroatoms. The maximum Gasteiger partial charge on any atom is 0.148 e. The van der Waals surface area contributed by atoms with E-state index in [1.165, 1.54) is 11.1 Å². The van der Waals surface area contributed by atoms with Gasteiger partial charge in [0, 0.05) is 42.6 Å². The van der Waals surface area contributed by atoms with Crippen LogP contribution < -0.4 is 0 Å². The molecule has 0 spiro atoms. The zero-order valence-electron chi connectivity index (χ0n) is 45.7. The predicted octanol–water partition coefficient (Wildman–Crippen LogP) is 17.1. The fourth-order valence-electron chi connectivity index (χ4n) is 8.80. The molecule has 0 saturated heterocycles. The average Bonchev–Trinajstić information content (AvgIpc) is 3.66. The number of imidazole rings is 1. The number of benzene rings is 6. The molecule has 2 aromatic heterocycles. The number of phenolic OH excluding ortho intramolecular Hbond substituents is 1. The molecule has 6 aromatic carbocycles. The summed E-state index contributed by atoms with van der Waals surface area (Å²) < 4.78 is 29.5. The number of hydrogen-bond acceptors (Lipinski definition) is 3. The Morgan fingerprint density at radius 1 is 0.515 bits per heavy atom. The monoisotopic (exact) mass is 1080 g/mol. The van der Waals surface area contributed by atoms with Gasteiger partial charge in [0.05, 0.1) is 22.3 Å². The van der Waals surface area contributed by atoms with Crippen LogP contribution in [0.4, 0.5) is 0 Å². The second-order valence-electron chi connectivity index (χ2n) is 23.6. The van der Waals surface area contributed by atoms with Crippen LogP contribution in [0.1, 0.15) is 141 Å². The third kappa shape index (κ3) is 10.1. The van der Waals surface area contributed by atoms with E-state index in [0.29, 0.717) is 28.1 Å². The number of phenols is 1. The Hall–Kier alpha value is -5.57. The van der Waals surface area contributed by atoms with Crippen LogP contribution in [0, 0.1) is 12.9 Å². The van der Waals surface area contributed by atoms with E-state index in [0.717, 1.165) is 61.3 Å². The van der Waals surface area contributed by atoms with Crippen molar-refractivity contribution in [2.24, 2.45) is 0 Å². The molecule has 0 atom stereocenters. The van der Waals surface area contributed by atoms with Crippen molar-refractivity contribution in [3.05, 3.63) is 167 Å². The summed E-state index contributed by atoms with van der Waals surface area (Å²) in [5, 5.41) is 12.6. The number of nitrogens with zero attached hydrogens (tertiary/aromatic N) is 3. The van der Waals surface area contributed by atoms with Crippen LogP contribution in [0.5, 0.6) is 5.75 Å². The molecule has 354 valence electrons. The number of fused-ring (bicyclic) bond motifs is 1. The number of pyridine rings is 1. The molecular formula is C63H70N3OPt-. The van der Waals surface area contributed by atoms with Gasteiger partial charge in [-0.25, -0.2) is 4.98 Å². The minimum atomic E-state index is -2.53. The van der Waals surface area contributed by atoms with E-state index in [2.05, 4.69) is 171 Å². The first-order valence-corrected chi connectivity index (χ1v) is 23.7. The molecule has 8 rings (SSSR count). The SMILES string of the molecule is [2H]C([2H])([2H])c1cc(-c2cc(C(C)(C)C)cc(C(C)(C)C)c2)ccc1-n1c(-c2cc(C(C)(C)C)cc(C(C)(C)C)c2O)nc2c(-c3[c-]c(-c4cc(-c5ccccc5)ccn4)cc(C(C)(C)C)c3)cccc21.[Pt]. The molecule has 68 heavy (non-hydrogen) atoms. The van der Waals surface area contributed by atoms with E-state index < -0.39 is 12.3 Å². The van der Waals surface area contributed by atoms with Crippen molar-refractivity contribution in [1.82, 2.24) is 14.5 Å². The van der Waals surface area contributed by atoms with Gasteiger partial charge >= 0.3 is 0 Å². The van der Waals surface area contributed by atoms with Crippen LogP contribution in [-0.2, 0) is 48.1 Å². The van der Waals surface area contributed by atoms with Gasteiger partial charge in [0.15, 0.2) is 0 Å². The van der Waals surface area contributed by atoms with Crippen LogP contribution in [0.2, 0.25) is 0 Å². The molecule has 1 N–H and O–H groups in total. The van der Waals surface area contributed by atoms with Crippen molar-refractivity contribution >= 4 is 11.0 Å². The summed E-state index contributed by atoms with van der Waals surface area (Å²) in [6.07, 6.45) is 1.85. The largest absolute Gasteiger partial charge is 0.507 e. The molecule has 4 nitrogen and oxygen atoms in total. The zero-order chi connectivity index (χ0) is 51.1. The van der Waals surface area contributed by atoms with Crippen molar-refractivity contribution in [3.8, 4) is 67.5 Å². The second-order valence-corrected chi connectivity index (χ2v) is 23.6. The van der Waals surface area contributed by atoms with Crippen molar-refractivity contribution in [3.63, 3.8) is 0 Å². The van der Waals surface area contributed by atoms with Crippen molar-refractivity contribution < 1.29 is 30.3 Å². The Morgan fingerprint density at radius 3 is 1.71 bits per heavy atom. The first kappa shape index (κ1) is 46.2. The summed E-state index contributed by atoms with van der Waals surface area (Å²) in [6.45, 7) is 30.2. The number of aryl methyl sites for hydroxylation is 1. The molecule has 0 unspecified atom stereocenters. The van der Waals surface area contributed by atoms with Crippen molar-refractivity contribution in [1.29, 1.82) is 0 Å². The fraction of sp³-hybridized carbons (Fsp3) is 0.333. The summed E-state index contributed by atoms with van der Waals surface area (Å²) in [4.78, 5) is 10.4. The van der Waals surface area contributed by atoms with E-state index in [4.69, 9.17) is 9.97 Å². The fourth-order valence-corrected chi connectivity index (χ4v) is 8.80. The number of para-hydroxylation sites is 1. The molecule has 0 aliphatic rings. The van der Waals surface area contributed by atoms with Crippen LogP contribution in [-0.4, -0.2) is 19.6 Å². The van der Waals surface area contributed by atoms with Crippen LogP contribution in [0.3, 0.4) is 0 Å². The van der Waals surface area contributed by atoms with E-state index >= 15 is 0 Å². The second kappa shape index (κ2) is 18.1. The normalized spacial score (nSPS) is 13.5. The summed E-state index contributed by atoms with van der Waals surface area (Å²) in [5.41, 5.74) is 13.9. The predicted molar refractivity (Wildman–Crippen MR) is 285 cm³/mol. The van der Waals surface area contributed by atoms with E-state index in [1.807, 2.05) is 71.4 Å². The van der Waals surface area contributed by atoms with Gasteiger partial charge in [-0.1, -0.05) is 194 Å². The standard InChI is InChI=1S/C63H70N3O.Pt/c1-39-29-41(43-31-47(60(5,6)7)36-48(32-43)61(8,9)10)25-26-54(39)66-55-24-20-23-50(56(55)65-58(66)51-37-49(62(11,12)13)38-52(57(51)67)63(14,15)16)44-30-45(34-46(33-44)59(2,3)4)53-35-42(27-28-64-53)40-21-18-17-19-22-40;/h17-29,31-38,67H,1-16H3;/q-1;/i1D3;. The van der Waals surface area contributed by atoms with Crippen molar-refractivity contribution in [2.75, 3.05) is 0 Å². The molecule has 0 radical (unpaired) electrons. The van der Waals surface area contributed by atoms with E-state index in [1.54, 1.807) is 0 Å². The molecule has 0 bridgehead atoms. The van der Waals surface area contributed by atoms with E-state index in [-0.39, 0.29) is 54.0 Å². The average molecular weight is 1080 g/mol. The molecule has 0 saturated carbocycles. The van der Waals surface area contributed by atoms with Gasteiger partial charge in [-0.15, -0.1) is 29.3 Å². The quantitative estimate of drug-likeness (QED) is 0.169. The molecule has 2 heterocycles. The molecule has 0 aliphatic carbocycles. The number of aromatic nitrogens is 3. The molecule has 8 aromatic rings. The number of hydrogen-bond donors (Lipinski definition) is 1. The van der Waals surface area contributed by atoms with Gasteiger partial charge in [0.2, 0.25) is 0 Å². The Kier molecular flexibility index (Phi) is 12.3. The zero-order valence-corrected chi connectivity index (χ0v) is 45.0. The van der Waals surface area contributed by atoms with Crippen LogP contribution in [0.25, 0.3) is 72.7 Å². The van der Waals surface area contributed by atoms with E-state index in [9.17, 15) is 9.22 Å². The van der Waals surface area contributed by atoms with Gasteiger partial charge in [0.25, 0.3) is 0 Å². The summed E-state index contributed by atoms with van der Waals surface area (Å²) in [7, 11) is 0. The van der Waals surface area contributed by atoms with Gasteiger partial charge in [-0.3, -0.25) is 9.55 Å². The smallest absolute Gasteiger partial charge is 0.148 e. The minimum Gasteiger partial charge on any atom is -0.507 e. The van der Waals surface area contributed by atoms with Crippen LogP contribution in [0.15, 0.2) is 128 Å². The number of aromatic hydroxyl groups is 1. The maximum absolute atomic E-state index is 12.6. The third-order valence-corrected chi connectivity index (χ3v) is 13.1. The summed E-state index contributed by atoms with van der Waals surface area (Å²) in [5.74, 6) is 0.566. The van der Waals surface area contributed by atoms with Gasteiger partial charge in [-0.05, 0) is 109 Å². The topological polar surface area (TPSA) is 50.9 Å². The molecule has 0 aliphatic heterocycles. The van der Waals surface area contributed by atoms with Gasteiger partial charge in [0.1, 0.15) is 11.6 Å². The van der Waals surface area contributed by atoms with Gasteiger partial charge in [-0.2, -0.15) is 0 Å². The molecular weight excluding hydrogens is 1010 g/mol. The van der Waals surface area contributed by atoms with Gasteiger partial charge < -0.3 is 5.11 Å². The number of rotatable bonds is 6. The van der Waals surface area contributed by atoms with Crippen LogP contribution >= 0.6 is 0 Å². The minimum absolute atomic E-state index is 0. The summed E-state index contributed by atoms with van der Waals surface area (Å²) >= 11 is 0. The summed E-state index contributed by atoms with van der Waals surface area (Å²) in [6, 6.07) is 45.3. The van der Waals surface area contributed by atoms with Crippen molar-refractivity contribution in [2.45, 2.75) is 138 Å². The third-order valence-electron chi connectivity index (χ3n) is 13.1. The Bertz CT molecular complexity index is 3240.